The zero-order chi connectivity index (χ0) is 68.7. The van der Waals surface area contributed by atoms with E-state index in [0.717, 1.165) is 57.8 Å². The lowest BCUT2D eigenvalue weighted by molar-refractivity contribution is -0.161. The summed E-state index contributed by atoms with van der Waals surface area (Å²) in [6.07, 6.45) is 64.3. The van der Waals surface area contributed by atoms with Crippen LogP contribution < -0.4 is 0 Å². The molecule has 0 radical (unpaired) electrons. The van der Waals surface area contributed by atoms with Gasteiger partial charge < -0.3 is 59.8 Å². The van der Waals surface area contributed by atoms with E-state index in [1.54, 1.807) is 0 Å². The van der Waals surface area contributed by atoms with Gasteiger partial charge in [0.2, 0.25) is 0 Å². The summed E-state index contributed by atoms with van der Waals surface area (Å²) in [5.74, 6) is -1.18. The van der Waals surface area contributed by atoms with Gasteiger partial charge in [-0.2, -0.15) is 0 Å². The lowest BCUT2D eigenvalue weighted by atomic mass is 10.0. The maximum absolute atomic E-state index is 12.1. The Hall–Kier alpha value is -2.44. The minimum atomic E-state index is -0.954. The Kier molecular flexibility index (Phi) is 98.8. The predicted octanol–water partition coefficient (Wildman–Crippen LogP) is 18.7. The summed E-state index contributed by atoms with van der Waals surface area (Å²) in [5, 5.41) is 68.8. The Balaban J connectivity index is -0.000000308. The van der Waals surface area contributed by atoms with Gasteiger partial charge in [-0.25, -0.2) is 0 Å². The molecule has 0 saturated carbocycles. The van der Waals surface area contributed by atoms with Gasteiger partial charge in [0, 0.05) is 25.7 Å². The predicted molar refractivity (Wildman–Crippen MR) is 391 cm³/mol. The molecule has 568 valence electrons. The van der Waals surface area contributed by atoms with Gasteiger partial charge in [0.15, 0.2) is 6.10 Å². The summed E-state index contributed by atoms with van der Waals surface area (Å²) >= 11 is 0. The SMILES string of the molecule is C.C.CCCCCCCCCCCCCCCC(=O)OC(CO)CO.CCCCCCCCCCCCCCCC(=O)OCC(CO)OC(=O)CCCCCCCCCCCCCCC.CCCCCCCCCCCCCCCC(=O)OCC(O)CO.OCC(O)CO. The normalized spacial score (nSPS) is 11.5. The summed E-state index contributed by atoms with van der Waals surface area (Å²) in [7, 11) is 0. The highest BCUT2D eigenvalue weighted by atomic mass is 16.6. The second-order valence-electron chi connectivity index (χ2n) is 26.0. The monoisotopic (exact) mass is 1350 g/mol. The third kappa shape index (κ3) is 91.6. The van der Waals surface area contributed by atoms with E-state index >= 15 is 0 Å². The average Bonchev–Trinajstić information content (AvgIpc) is 2.58. The van der Waals surface area contributed by atoms with Crippen LogP contribution in [0, 0.1) is 0 Å². The Morgan fingerprint density at radius 2 is 0.415 bits per heavy atom. The van der Waals surface area contributed by atoms with E-state index in [-0.39, 0.29) is 91.6 Å². The number of ether oxygens (including phenoxy) is 4. The van der Waals surface area contributed by atoms with Crippen LogP contribution in [-0.2, 0) is 38.1 Å². The standard InChI is InChI=1S/C35H68O5.2C19H38O4.C3H8O3.2CH4/c1-3-5-7-9-11-13-15-17-19-21-23-25-27-29-34(37)39-32-33(31-36)40-35(38)30-28-26-24-22-20-18-16-14-12-10-8-6-4-2;1-2-3-4-5-6-7-8-9-10-11-12-13-14-15-19(22)23-17-18(21)16-20;1-2-3-4-5-6-7-8-9-10-11-12-13-14-15-19(22)23-18(16-20)17-21;4-1-3(6)2-5;;/h33,36H,3-32H2,1-2H3;2*18,20-21H,2-17H2,1H3;3-6H,1-2H2;2*1H4. The minimum absolute atomic E-state index is 0. The Morgan fingerprint density at radius 1 is 0.234 bits per heavy atom. The van der Waals surface area contributed by atoms with Gasteiger partial charge in [0.25, 0.3) is 0 Å². The molecule has 2 unspecified atom stereocenters. The summed E-state index contributed by atoms with van der Waals surface area (Å²) in [4.78, 5) is 46.9. The first kappa shape index (κ1) is 103. The van der Waals surface area contributed by atoms with Crippen LogP contribution in [-0.4, -0.2) is 142 Å². The van der Waals surface area contributed by atoms with Gasteiger partial charge in [-0.05, 0) is 25.7 Å². The zero-order valence-electron chi connectivity index (χ0n) is 60.4. The third-order valence-electron chi connectivity index (χ3n) is 16.6. The number of carbonyl (C=O) groups is 4. The van der Waals surface area contributed by atoms with E-state index in [1.807, 2.05) is 0 Å². The van der Waals surface area contributed by atoms with Crippen molar-refractivity contribution in [3.05, 3.63) is 0 Å². The van der Waals surface area contributed by atoms with Crippen LogP contribution in [0.4, 0.5) is 0 Å². The molecule has 0 saturated heterocycles. The van der Waals surface area contributed by atoms with Crippen molar-refractivity contribution in [2.45, 2.75) is 427 Å². The van der Waals surface area contributed by atoms with Crippen molar-refractivity contribution in [1.29, 1.82) is 0 Å². The van der Waals surface area contributed by atoms with Crippen LogP contribution >= 0.6 is 0 Å². The maximum atomic E-state index is 12.1. The molecule has 0 aliphatic carbocycles. The molecule has 0 fully saturated rings. The van der Waals surface area contributed by atoms with E-state index in [2.05, 4.69) is 27.7 Å². The molecule has 16 nitrogen and oxygen atoms in total. The van der Waals surface area contributed by atoms with Crippen molar-refractivity contribution in [2.75, 3.05) is 52.9 Å². The van der Waals surface area contributed by atoms with E-state index in [1.165, 1.54) is 276 Å². The molecule has 16 heteroatoms. The number of aliphatic hydroxyl groups excluding tert-OH is 8. The van der Waals surface area contributed by atoms with Gasteiger partial charge in [-0.3, -0.25) is 19.2 Å². The Bertz CT molecular complexity index is 1430. The van der Waals surface area contributed by atoms with Gasteiger partial charge in [0.1, 0.15) is 31.5 Å². The molecule has 0 aliphatic heterocycles. The first-order valence-electron chi connectivity index (χ1n) is 38.6. The van der Waals surface area contributed by atoms with Crippen molar-refractivity contribution in [3.8, 4) is 0 Å². The smallest absolute Gasteiger partial charge is 0.306 e. The molecule has 94 heavy (non-hydrogen) atoms. The van der Waals surface area contributed by atoms with Crippen molar-refractivity contribution in [2.24, 2.45) is 0 Å². The Labute approximate surface area is 579 Å². The van der Waals surface area contributed by atoms with Crippen LogP contribution in [0.15, 0.2) is 0 Å². The molecule has 0 spiro atoms. The van der Waals surface area contributed by atoms with Crippen molar-refractivity contribution >= 4 is 23.9 Å². The van der Waals surface area contributed by atoms with Crippen molar-refractivity contribution < 1.29 is 79.0 Å². The van der Waals surface area contributed by atoms with Crippen LogP contribution in [0.2, 0.25) is 0 Å². The van der Waals surface area contributed by atoms with E-state index in [4.69, 9.17) is 54.7 Å². The van der Waals surface area contributed by atoms with Crippen LogP contribution in [0.5, 0.6) is 0 Å². The number of esters is 4. The maximum Gasteiger partial charge on any atom is 0.306 e. The van der Waals surface area contributed by atoms with Gasteiger partial charge in [0.05, 0.1) is 39.6 Å². The highest BCUT2D eigenvalue weighted by Crippen LogP contribution is 2.18. The van der Waals surface area contributed by atoms with Crippen LogP contribution in [0.3, 0.4) is 0 Å². The number of rotatable bonds is 68. The summed E-state index contributed by atoms with van der Waals surface area (Å²) in [5.41, 5.74) is 0. The highest BCUT2D eigenvalue weighted by Gasteiger charge is 2.17. The summed E-state index contributed by atoms with van der Waals surface area (Å²) in [6, 6.07) is 0. The molecule has 0 aromatic rings. The largest absolute Gasteiger partial charge is 0.463 e. The highest BCUT2D eigenvalue weighted by molar-refractivity contribution is 5.70. The molecule has 8 N–H and O–H groups in total. The van der Waals surface area contributed by atoms with E-state index < -0.39 is 24.4 Å². The molecule has 2 atom stereocenters. The van der Waals surface area contributed by atoms with Crippen molar-refractivity contribution in [3.63, 3.8) is 0 Å². The molecule has 0 amide bonds. The zero-order valence-corrected chi connectivity index (χ0v) is 60.4. The molecule has 0 aromatic heterocycles. The molecular weight excluding hydrogens is 1190 g/mol. The first-order valence-corrected chi connectivity index (χ1v) is 38.6. The fourth-order valence-corrected chi connectivity index (χ4v) is 10.5. The molecule has 0 rings (SSSR count). The fourth-order valence-electron chi connectivity index (χ4n) is 10.5. The Morgan fingerprint density at radius 3 is 0.606 bits per heavy atom. The van der Waals surface area contributed by atoms with Gasteiger partial charge in [-0.15, -0.1) is 0 Å². The number of hydrogen-bond acceptors (Lipinski definition) is 16. The van der Waals surface area contributed by atoms with Crippen LogP contribution in [0.25, 0.3) is 0 Å². The van der Waals surface area contributed by atoms with Gasteiger partial charge >= 0.3 is 23.9 Å². The second-order valence-corrected chi connectivity index (χ2v) is 26.0. The third-order valence-corrected chi connectivity index (χ3v) is 16.6. The minimum Gasteiger partial charge on any atom is -0.463 e. The topological polar surface area (TPSA) is 267 Å². The fraction of sp³-hybridized carbons (Fsp3) is 0.949. The molecule has 0 aromatic carbocycles. The second kappa shape index (κ2) is 90.6. The molecular formula is C78H160O16. The van der Waals surface area contributed by atoms with Crippen LogP contribution in [0.1, 0.15) is 402 Å². The molecule has 0 heterocycles. The number of carbonyl (C=O) groups excluding carboxylic acids is 4. The summed E-state index contributed by atoms with van der Waals surface area (Å²) < 4.78 is 20.3. The number of unbranched alkanes of at least 4 members (excludes halogenated alkanes) is 48. The van der Waals surface area contributed by atoms with Gasteiger partial charge in [-0.1, -0.05) is 351 Å². The van der Waals surface area contributed by atoms with E-state index in [9.17, 15) is 24.3 Å². The number of aliphatic hydroxyl groups is 8. The quantitative estimate of drug-likeness (QED) is 0.0160. The molecule has 0 bridgehead atoms. The number of hydrogen-bond donors (Lipinski definition) is 8. The lowest BCUT2D eigenvalue weighted by Gasteiger charge is -2.15. The van der Waals surface area contributed by atoms with Crippen molar-refractivity contribution in [1.82, 2.24) is 0 Å². The first-order chi connectivity index (χ1) is 44.9. The van der Waals surface area contributed by atoms with E-state index in [0.29, 0.717) is 25.7 Å². The lowest BCUT2D eigenvalue weighted by Crippen LogP contribution is -2.28. The average molecular weight is 1350 g/mol. The summed E-state index contributed by atoms with van der Waals surface area (Å²) in [6.45, 7) is 6.81. The molecule has 0 aliphatic rings.